The number of rotatable bonds is 3. The molecule has 3 rings (SSSR count). The minimum atomic E-state index is -0.215. The Morgan fingerprint density at radius 1 is 1.09 bits per heavy atom. The summed E-state index contributed by atoms with van der Waals surface area (Å²) in [5, 5.41) is 0. The molecule has 23 heavy (non-hydrogen) atoms. The maximum Gasteiger partial charge on any atom is 0.409 e. The van der Waals surface area contributed by atoms with Crippen molar-refractivity contribution in [2.75, 3.05) is 68.9 Å². The summed E-state index contributed by atoms with van der Waals surface area (Å²) < 4.78 is 10.5. The first-order chi connectivity index (χ1) is 11.3. The van der Waals surface area contributed by atoms with Gasteiger partial charge in [0.2, 0.25) is 0 Å². The molecular weight excluding hydrogens is 296 g/mol. The number of carbonyl (C=O) groups excluding carboxylic acids is 1. The van der Waals surface area contributed by atoms with Gasteiger partial charge in [0.05, 0.1) is 43.6 Å². The normalized spacial score (nSPS) is 18.9. The van der Waals surface area contributed by atoms with E-state index in [0.29, 0.717) is 19.7 Å². The van der Waals surface area contributed by atoms with Crippen molar-refractivity contribution in [2.45, 2.75) is 6.92 Å². The quantitative estimate of drug-likeness (QED) is 0.834. The molecule has 0 N–H and O–H groups in total. The van der Waals surface area contributed by atoms with Crippen LogP contribution < -0.4 is 9.80 Å². The summed E-state index contributed by atoms with van der Waals surface area (Å²) in [6, 6.07) is 2.18. The van der Waals surface area contributed by atoms with Gasteiger partial charge >= 0.3 is 6.09 Å². The van der Waals surface area contributed by atoms with Crippen LogP contribution in [0, 0.1) is 0 Å². The van der Waals surface area contributed by atoms with Gasteiger partial charge in [-0.1, -0.05) is 0 Å². The number of ether oxygens (including phenoxy) is 2. The van der Waals surface area contributed by atoms with Gasteiger partial charge in [-0.2, -0.15) is 0 Å². The van der Waals surface area contributed by atoms with E-state index in [-0.39, 0.29) is 6.09 Å². The summed E-state index contributed by atoms with van der Waals surface area (Å²) in [5.41, 5.74) is 2.25. The number of amides is 1. The topological polar surface area (TPSA) is 58.1 Å². The fourth-order valence-electron chi connectivity index (χ4n) is 2.95. The number of hydrogen-bond acceptors (Lipinski definition) is 6. The summed E-state index contributed by atoms with van der Waals surface area (Å²) in [7, 11) is 0. The standard InChI is InChI=1S/C16H24N4O3/c1-2-23-16(21)20-5-3-18(4-6-20)14-11-15(13-17-12-14)19-7-9-22-10-8-19/h11-13H,2-10H2,1H3. The van der Waals surface area contributed by atoms with Crippen molar-refractivity contribution in [3.63, 3.8) is 0 Å². The lowest BCUT2D eigenvalue weighted by atomic mass is 10.2. The third-order valence-corrected chi connectivity index (χ3v) is 4.26. The smallest absolute Gasteiger partial charge is 0.409 e. The third-order valence-electron chi connectivity index (χ3n) is 4.26. The maximum absolute atomic E-state index is 11.8. The molecule has 1 aromatic rings. The molecule has 2 aliphatic heterocycles. The number of anilines is 2. The molecule has 1 aromatic heterocycles. The lowest BCUT2D eigenvalue weighted by molar-refractivity contribution is 0.105. The summed E-state index contributed by atoms with van der Waals surface area (Å²) in [4.78, 5) is 22.5. The molecule has 2 fully saturated rings. The minimum absolute atomic E-state index is 0.215. The monoisotopic (exact) mass is 320 g/mol. The van der Waals surface area contributed by atoms with Gasteiger partial charge in [0, 0.05) is 39.3 Å². The van der Waals surface area contributed by atoms with Crippen LogP contribution in [0.1, 0.15) is 6.92 Å². The van der Waals surface area contributed by atoms with Crippen molar-refractivity contribution in [3.8, 4) is 0 Å². The summed E-state index contributed by atoms with van der Waals surface area (Å²) >= 11 is 0. The molecule has 3 heterocycles. The molecular formula is C16H24N4O3. The zero-order valence-corrected chi connectivity index (χ0v) is 13.6. The molecule has 2 saturated heterocycles. The van der Waals surface area contributed by atoms with Crippen LogP contribution in [0.3, 0.4) is 0 Å². The van der Waals surface area contributed by atoms with Gasteiger partial charge in [-0.3, -0.25) is 4.98 Å². The van der Waals surface area contributed by atoms with Crippen molar-refractivity contribution < 1.29 is 14.3 Å². The predicted molar refractivity (Wildman–Crippen MR) is 88.1 cm³/mol. The number of aromatic nitrogens is 1. The fraction of sp³-hybridized carbons (Fsp3) is 0.625. The third kappa shape index (κ3) is 3.85. The van der Waals surface area contributed by atoms with E-state index in [1.54, 1.807) is 4.90 Å². The molecule has 0 aromatic carbocycles. The molecule has 126 valence electrons. The average Bonchev–Trinajstić information content (AvgIpc) is 2.63. The van der Waals surface area contributed by atoms with E-state index in [1.807, 2.05) is 19.3 Å². The Bertz CT molecular complexity index is 526. The second kappa shape index (κ2) is 7.50. The Balaban J connectivity index is 1.61. The second-order valence-corrected chi connectivity index (χ2v) is 5.67. The molecule has 2 aliphatic rings. The number of carbonyl (C=O) groups is 1. The first-order valence-corrected chi connectivity index (χ1v) is 8.22. The maximum atomic E-state index is 11.8. The van der Waals surface area contributed by atoms with E-state index in [4.69, 9.17) is 9.47 Å². The van der Waals surface area contributed by atoms with Gasteiger partial charge in [-0.25, -0.2) is 4.79 Å². The van der Waals surface area contributed by atoms with E-state index < -0.39 is 0 Å². The average molecular weight is 320 g/mol. The highest BCUT2D eigenvalue weighted by atomic mass is 16.6. The molecule has 1 amide bonds. The highest BCUT2D eigenvalue weighted by Crippen LogP contribution is 2.23. The molecule has 0 radical (unpaired) electrons. The molecule has 0 unspecified atom stereocenters. The van der Waals surface area contributed by atoms with Crippen LogP contribution in [0.25, 0.3) is 0 Å². The number of nitrogens with zero attached hydrogens (tertiary/aromatic N) is 4. The highest BCUT2D eigenvalue weighted by molar-refractivity contribution is 5.68. The molecule has 0 bridgehead atoms. The van der Waals surface area contributed by atoms with Crippen LogP contribution in [-0.4, -0.2) is 75.1 Å². The van der Waals surface area contributed by atoms with Crippen LogP contribution in [0.2, 0.25) is 0 Å². The van der Waals surface area contributed by atoms with Crippen LogP contribution in [0.4, 0.5) is 16.2 Å². The van der Waals surface area contributed by atoms with Crippen molar-refractivity contribution >= 4 is 17.5 Å². The SMILES string of the molecule is CCOC(=O)N1CCN(c2cncc(N3CCOCC3)c2)CC1. The number of piperazine rings is 1. The van der Waals surface area contributed by atoms with Crippen molar-refractivity contribution in [1.82, 2.24) is 9.88 Å². The molecule has 0 aliphatic carbocycles. The van der Waals surface area contributed by atoms with E-state index in [1.165, 1.54) is 0 Å². The van der Waals surface area contributed by atoms with Gasteiger partial charge in [-0.05, 0) is 13.0 Å². The Labute approximate surface area is 136 Å². The lowest BCUT2D eigenvalue weighted by Gasteiger charge is -2.36. The highest BCUT2D eigenvalue weighted by Gasteiger charge is 2.22. The van der Waals surface area contributed by atoms with Crippen LogP contribution in [0.5, 0.6) is 0 Å². The van der Waals surface area contributed by atoms with E-state index in [0.717, 1.165) is 50.8 Å². The fourth-order valence-corrected chi connectivity index (χ4v) is 2.95. The minimum Gasteiger partial charge on any atom is -0.450 e. The van der Waals surface area contributed by atoms with Crippen LogP contribution in [0.15, 0.2) is 18.5 Å². The largest absolute Gasteiger partial charge is 0.450 e. The summed E-state index contributed by atoms with van der Waals surface area (Å²) in [5.74, 6) is 0. The van der Waals surface area contributed by atoms with Gasteiger partial charge in [-0.15, -0.1) is 0 Å². The lowest BCUT2D eigenvalue weighted by Crippen LogP contribution is -2.49. The van der Waals surface area contributed by atoms with E-state index in [2.05, 4.69) is 20.9 Å². The van der Waals surface area contributed by atoms with Crippen LogP contribution >= 0.6 is 0 Å². The van der Waals surface area contributed by atoms with Gasteiger partial charge < -0.3 is 24.2 Å². The second-order valence-electron chi connectivity index (χ2n) is 5.67. The summed E-state index contributed by atoms with van der Waals surface area (Å²) in [6.45, 7) is 8.55. The van der Waals surface area contributed by atoms with Crippen molar-refractivity contribution in [2.24, 2.45) is 0 Å². The van der Waals surface area contributed by atoms with Gasteiger partial charge in [0.25, 0.3) is 0 Å². The molecule has 7 heteroatoms. The number of hydrogen-bond donors (Lipinski definition) is 0. The zero-order chi connectivity index (χ0) is 16.1. The Morgan fingerprint density at radius 3 is 2.30 bits per heavy atom. The van der Waals surface area contributed by atoms with E-state index in [9.17, 15) is 4.79 Å². The molecule has 7 nitrogen and oxygen atoms in total. The Hall–Kier alpha value is -2.02. The molecule has 0 saturated carbocycles. The van der Waals surface area contributed by atoms with Crippen LogP contribution in [-0.2, 0) is 9.47 Å². The van der Waals surface area contributed by atoms with E-state index >= 15 is 0 Å². The Morgan fingerprint density at radius 2 is 1.70 bits per heavy atom. The van der Waals surface area contributed by atoms with Gasteiger partial charge in [0.1, 0.15) is 0 Å². The summed E-state index contributed by atoms with van der Waals surface area (Å²) in [6.07, 6.45) is 3.58. The van der Waals surface area contributed by atoms with Crippen molar-refractivity contribution in [3.05, 3.63) is 18.5 Å². The molecule has 0 atom stereocenters. The predicted octanol–water partition coefficient (Wildman–Crippen LogP) is 1.20. The molecule has 0 spiro atoms. The number of morpholine rings is 1. The zero-order valence-electron chi connectivity index (χ0n) is 13.6. The Kier molecular flexibility index (Phi) is 5.17. The first kappa shape index (κ1) is 15.9. The number of pyridine rings is 1. The first-order valence-electron chi connectivity index (χ1n) is 8.22. The van der Waals surface area contributed by atoms with Crippen molar-refractivity contribution in [1.29, 1.82) is 0 Å². The van der Waals surface area contributed by atoms with Gasteiger partial charge in [0.15, 0.2) is 0 Å².